The second kappa shape index (κ2) is 4.60. The van der Waals surface area contributed by atoms with Crippen LogP contribution < -0.4 is 10.6 Å². The zero-order chi connectivity index (χ0) is 9.80. The van der Waals surface area contributed by atoms with E-state index < -0.39 is 0 Å². The van der Waals surface area contributed by atoms with Gasteiger partial charge in [0.15, 0.2) is 0 Å². The van der Waals surface area contributed by atoms with E-state index in [-0.39, 0.29) is 5.91 Å². The number of nitrogens with one attached hydrogen (secondary N) is 2. The van der Waals surface area contributed by atoms with Crippen molar-refractivity contribution < 1.29 is 4.79 Å². The largest absolute Gasteiger partial charge is 0.350 e. The molecule has 1 saturated heterocycles. The molecule has 14 heavy (non-hydrogen) atoms. The van der Waals surface area contributed by atoms with E-state index in [1.807, 2.05) is 0 Å². The van der Waals surface area contributed by atoms with Crippen LogP contribution in [0.4, 0.5) is 0 Å². The molecule has 0 aromatic heterocycles. The Morgan fingerprint density at radius 2 is 2.43 bits per heavy atom. The third-order valence-corrected chi connectivity index (χ3v) is 3.00. The Balaban J connectivity index is 1.69. The van der Waals surface area contributed by atoms with Crippen molar-refractivity contribution in [2.75, 3.05) is 13.1 Å². The van der Waals surface area contributed by atoms with Crippen molar-refractivity contribution in [2.24, 2.45) is 5.92 Å². The summed E-state index contributed by atoms with van der Waals surface area (Å²) in [6, 6.07) is 0.303. The highest BCUT2D eigenvalue weighted by atomic mass is 16.1. The van der Waals surface area contributed by atoms with Crippen LogP contribution in [0, 0.1) is 5.92 Å². The molecule has 2 aliphatic rings. The molecule has 1 amide bonds. The minimum Gasteiger partial charge on any atom is -0.350 e. The van der Waals surface area contributed by atoms with E-state index >= 15 is 0 Å². The molecule has 0 bridgehead atoms. The van der Waals surface area contributed by atoms with E-state index in [2.05, 4.69) is 22.8 Å². The molecule has 0 aromatic carbocycles. The second-order valence-corrected chi connectivity index (χ2v) is 4.24. The van der Waals surface area contributed by atoms with Gasteiger partial charge in [0.2, 0.25) is 5.91 Å². The minimum atomic E-state index is 0.218. The zero-order valence-electron chi connectivity index (χ0n) is 8.46. The lowest BCUT2D eigenvalue weighted by atomic mass is 10.0. The Labute approximate surface area is 84.9 Å². The van der Waals surface area contributed by atoms with Crippen LogP contribution in [0.5, 0.6) is 0 Å². The van der Waals surface area contributed by atoms with Crippen molar-refractivity contribution in [3.8, 4) is 0 Å². The van der Waals surface area contributed by atoms with Crippen molar-refractivity contribution in [3.63, 3.8) is 0 Å². The van der Waals surface area contributed by atoms with Gasteiger partial charge >= 0.3 is 0 Å². The van der Waals surface area contributed by atoms with E-state index in [0.29, 0.717) is 18.4 Å². The normalized spacial score (nSPS) is 30.9. The molecule has 0 radical (unpaired) electrons. The Kier molecular flexibility index (Phi) is 3.19. The summed E-state index contributed by atoms with van der Waals surface area (Å²) in [7, 11) is 0. The van der Waals surface area contributed by atoms with Gasteiger partial charge in [-0.2, -0.15) is 0 Å². The second-order valence-electron chi connectivity index (χ2n) is 4.24. The molecular weight excluding hydrogens is 176 g/mol. The molecular formula is C11H18N2O. The summed E-state index contributed by atoms with van der Waals surface area (Å²) in [5, 5.41) is 6.33. The number of allylic oxidation sites excluding steroid dienone is 1. The number of carbonyl (C=O) groups is 1. The van der Waals surface area contributed by atoms with Crippen molar-refractivity contribution in [1.82, 2.24) is 10.6 Å². The van der Waals surface area contributed by atoms with Gasteiger partial charge in [-0.3, -0.25) is 4.79 Å². The highest BCUT2D eigenvalue weighted by molar-refractivity contribution is 5.76. The molecule has 2 N–H and O–H groups in total. The summed E-state index contributed by atoms with van der Waals surface area (Å²) >= 11 is 0. The molecule has 2 atom stereocenters. The van der Waals surface area contributed by atoms with Gasteiger partial charge in [0.05, 0.1) is 0 Å². The maximum Gasteiger partial charge on any atom is 0.220 e. The molecule has 0 spiro atoms. The van der Waals surface area contributed by atoms with Crippen LogP contribution >= 0.6 is 0 Å². The molecule has 1 heterocycles. The Bertz CT molecular complexity index is 231. The maximum atomic E-state index is 11.6. The molecule has 0 aromatic rings. The summed E-state index contributed by atoms with van der Waals surface area (Å²) in [5.41, 5.74) is 0. The molecule has 1 aliphatic carbocycles. The number of hydrogen-bond donors (Lipinski definition) is 2. The van der Waals surface area contributed by atoms with Crippen LogP contribution in [0.1, 0.15) is 25.7 Å². The molecule has 3 nitrogen and oxygen atoms in total. The highest BCUT2D eigenvalue weighted by Crippen LogP contribution is 2.13. The van der Waals surface area contributed by atoms with Gasteiger partial charge in [-0.15, -0.1) is 0 Å². The van der Waals surface area contributed by atoms with Crippen LogP contribution in [0.25, 0.3) is 0 Å². The quantitative estimate of drug-likeness (QED) is 0.653. The van der Waals surface area contributed by atoms with Crippen molar-refractivity contribution in [3.05, 3.63) is 12.2 Å². The monoisotopic (exact) mass is 194 g/mol. The van der Waals surface area contributed by atoms with E-state index in [0.717, 1.165) is 32.4 Å². The fourth-order valence-corrected chi connectivity index (χ4v) is 2.17. The summed E-state index contributed by atoms with van der Waals surface area (Å²) in [6.07, 6.45) is 8.27. The summed E-state index contributed by atoms with van der Waals surface area (Å²) in [4.78, 5) is 11.6. The molecule has 0 saturated carbocycles. The van der Waals surface area contributed by atoms with Crippen LogP contribution in [0.2, 0.25) is 0 Å². The standard InChI is InChI=1S/C11H18N2O/c14-11(7-9-5-6-12-8-9)13-10-3-1-2-4-10/h1,3,9-10,12H,2,4-8H2,(H,13,14)/t9-,10?/m0/s1. The molecule has 1 fully saturated rings. The molecule has 1 aliphatic heterocycles. The van der Waals surface area contributed by atoms with Crippen molar-refractivity contribution >= 4 is 5.91 Å². The van der Waals surface area contributed by atoms with Gasteiger partial charge < -0.3 is 10.6 Å². The van der Waals surface area contributed by atoms with E-state index in [1.54, 1.807) is 0 Å². The van der Waals surface area contributed by atoms with Gasteiger partial charge in [0, 0.05) is 12.5 Å². The first kappa shape index (κ1) is 9.71. The van der Waals surface area contributed by atoms with Crippen molar-refractivity contribution in [2.45, 2.75) is 31.7 Å². The van der Waals surface area contributed by atoms with Crippen molar-refractivity contribution in [1.29, 1.82) is 0 Å². The lowest BCUT2D eigenvalue weighted by Crippen LogP contribution is -2.33. The number of rotatable bonds is 3. The van der Waals surface area contributed by atoms with Gasteiger partial charge in [0.25, 0.3) is 0 Å². The number of hydrogen-bond acceptors (Lipinski definition) is 2. The average molecular weight is 194 g/mol. The number of amides is 1. The lowest BCUT2D eigenvalue weighted by molar-refractivity contribution is -0.122. The van der Waals surface area contributed by atoms with E-state index in [9.17, 15) is 4.79 Å². The summed E-state index contributed by atoms with van der Waals surface area (Å²) < 4.78 is 0. The van der Waals surface area contributed by atoms with Gasteiger partial charge in [-0.1, -0.05) is 12.2 Å². The third-order valence-electron chi connectivity index (χ3n) is 3.00. The summed E-state index contributed by atoms with van der Waals surface area (Å²) in [6.45, 7) is 2.08. The molecule has 78 valence electrons. The van der Waals surface area contributed by atoms with Gasteiger partial charge in [-0.25, -0.2) is 0 Å². The van der Waals surface area contributed by atoms with Crippen LogP contribution in [0.3, 0.4) is 0 Å². The van der Waals surface area contributed by atoms with Gasteiger partial charge in [0.1, 0.15) is 0 Å². The Morgan fingerprint density at radius 3 is 3.07 bits per heavy atom. The average Bonchev–Trinajstić information content (AvgIpc) is 2.76. The Hall–Kier alpha value is -0.830. The SMILES string of the molecule is O=C(C[C@@H]1CCNC1)NC1C=CCC1. The molecule has 1 unspecified atom stereocenters. The van der Waals surface area contributed by atoms with E-state index in [1.165, 1.54) is 0 Å². The molecule has 2 rings (SSSR count). The van der Waals surface area contributed by atoms with Gasteiger partial charge in [-0.05, 0) is 38.3 Å². The predicted octanol–water partition coefficient (Wildman–Crippen LogP) is 0.821. The fourth-order valence-electron chi connectivity index (χ4n) is 2.17. The maximum absolute atomic E-state index is 11.6. The first-order valence-electron chi connectivity index (χ1n) is 5.51. The first-order valence-corrected chi connectivity index (χ1v) is 5.51. The smallest absolute Gasteiger partial charge is 0.220 e. The molecule has 3 heteroatoms. The third kappa shape index (κ3) is 2.58. The Morgan fingerprint density at radius 1 is 1.50 bits per heavy atom. The van der Waals surface area contributed by atoms with Crippen LogP contribution in [-0.2, 0) is 4.79 Å². The van der Waals surface area contributed by atoms with Crippen LogP contribution in [0.15, 0.2) is 12.2 Å². The fraction of sp³-hybridized carbons (Fsp3) is 0.727. The van der Waals surface area contributed by atoms with E-state index in [4.69, 9.17) is 0 Å². The predicted molar refractivity (Wildman–Crippen MR) is 55.9 cm³/mol. The summed E-state index contributed by atoms with van der Waals surface area (Å²) in [5.74, 6) is 0.774. The lowest BCUT2D eigenvalue weighted by Gasteiger charge is -2.12. The minimum absolute atomic E-state index is 0.218. The zero-order valence-corrected chi connectivity index (χ0v) is 8.46. The van der Waals surface area contributed by atoms with Crippen LogP contribution in [-0.4, -0.2) is 25.0 Å². The number of carbonyl (C=O) groups excluding carboxylic acids is 1. The highest BCUT2D eigenvalue weighted by Gasteiger charge is 2.19. The topological polar surface area (TPSA) is 41.1 Å². The first-order chi connectivity index (χ1) is 6.84.